The monoisotopic (exact) mass is 510 g/mol. The van der Waals surface area contributed by atoms with E-state index in [0.717, 1.165) is 62.5 Å². The van der Waals surface area contributed by atoms with Crippen molar-refractivity contribution in [2.24, 2.45) is 21.2 Å². The third-order valence-corrected chi connectivity index (χ3v) is 7.11. The molecule has 7 heteroatoms. The van der Waals surface area contributed by atoms with E-state index in [1.54, 1.807) is 18.2 Å². The number of hydrogen-bond donors (Lipinski definition) is 2. The maximum atomic E-state index is 12.1. The molecule has 0 heterocycles. The molecule has 3 aliphatic rings. The predicted molar refractivity (Wildman–Crippen MR) is 149 cm³/mol. The van der Waals surface area contributed by atoms with Crippen LogP contribution < -0.4 is 10.6 Å². The first-order chi connectivity index (χ1) is 17.2. The molecule has 0 aromatic carbocycles. The molecule has 0 amide bonds. The third kappa shape index (κ3) is 10.0. The van der Waals surface area contributed by atoms with Crippen molar-refractivity contribution < 1.29 is 14.4 Å². The molecule has 3 rings (SSSR count). The van der Waals surface area contributed by atoms with Crippen LogP contribution in [0.4, 0.5) is 0 Å². The van der Waals surface area contributed by atoms with Crippen LogP contribution in [0.15, 0.2) is 40.3 Å². The smallest absolute Gasteiger partial charge is 0.158 e. The summed E-state index contributed by atoms with van der Waals surface area (Å²) in [5, 5.41) is 6.94. The van der Waals surface area contributed by atoms with E-state index in [2.05, 4.69) is 62.1 Å². The number of nitrogens with zero attached hydrogens (tertiary/aromatic N) is 2. The molecule has 0 saturated carbocycles. The van der Waals surface area contributed by atoms with Gasteiger partial charge in [-0.15, -0.1) is 0 Å². The van der Waals surface area contributed by atoms with Gasteiger partial charge in [-0.25, -0.2) is 0 Å². The fourth-order valence-electron chi connectivity index (χ4n) is 5.63. The molecule has 37 heavy (non-hydrogen) atoms. The van der Waals surface area contributed by atoms with Crippen LogP contribution >= 0.6 is 0 Å². The predicted octanol–water partition coefficient (Wildman–Crippen LogP) is 4.36. The van der Waals surface area contributed by atoms with Crippen LogP contribution in [-0.2, 0) is 14.4 Å². The molecule has 0 saturated heterocycles. The van der Waals surface area contributed by atoms with Gasteiger partial charge >= 0.3 is 0 Å². The highest BCUT2D eigenvalue weighted by molar-refractivity contribution is 5.92. The van der Waals surface area contributed by atoms with E-state index in [1.807, 2.05) is 6.21 Å². The summed E-state index contributed by atoms with van der Waals surface area (Å²) in [4.78, 5) is 43.2. The van der Waals surface area contributed by atoms with Gasteiger partial charge in [-0.2, -0.15) is 0 Å². The molecule has 2 N–H and O–H groups in total. The molecule has 0 spiro atoms. The Balaban J connectivity index is 1.58. The van der Waals surface area contributed by atoms with Crippen molar-refractivity contribution in [2.75, 3.05) is 32.7 Å². The number of carbonyl (C=O) groups excluding carboxylic acids is 3. The second kappa shape index (κ2) is 11.9. The lowest BCUT2D eigenvalue weighted by Crippen LogP contribution is -2.39. The fourth-order valence-corrected chi connectivity index (χ4v) is 5.63. The van der Waals surface area contributed by atoms with E-state index in [1.165, 1.54) is 0 Å². The van der Waals surface area contributed by atoms with Gasteiger partial charge < -0.3 is 10.6 Å². The van der Waals surface area contributed by atoms with Gasteiger partial charge in [0.15, 0.2) is 17.3 Å². The van der Waals surface area contributed by atoms with Crippen molar-refractivity contribution in [1.29, 1.82) is 0 Å². The first-order valence-corrected chi connectivity index (χ1v) is 13.6. The average Bonchev–Trinajstić information content (AvgIpc) is 2.69. The van der Waals surface area contributed by atoms with Crippen molar-refractivity contribution >= 4 is 23.6 Å². The van der Waals surface area contributed by atoms with E-state index in [9.17, 15) is 14.4 Å². The van der Waals surface area contributed by atoms with E-state index in [-0.39, 0.29) is 33.6 Å². The van der Waals surface area contributed by atoms with Crippen LogP contribution in [-0.4, -0.2) is 61.2 Å². The Kier molecular flexibility index (Phi) is 9.32. The molecule has 0 bridgehead atoms. The minimum atomic E-state index is -0.0517. The van der Waals surface area contributed by atoms with Crippen molar-refractivity contribution in [3.63, 3.8) is 0 Å². The zero-order valence-electron chi connectivity index (χ0n) is 23.7. The first kappa shape index (κ1) is 29.0. The van der Waals surface area contributed by atoms with Gasteiger partial charge in [0.1, 0.15) is 0 Å². The number of allylic oxidation sites excluding steroid dienone is 6. The van der Waals surface area contributed by atoms with Gasteiger partial charge in [0.2, 0.25) is 0 Å². The van der Waals surface area contributed by atoms with Crippen LogP contribution in [0.5, 0.6) is 0 Å². The van der Waals surface area contributed by atoms with Crippen LogP contribution in [0, 0.1) is 16.2 Å². The molecular weight excluding hydrogens is 464 g/mol. The van der Waals surface area contributed by atoms with Crippen LogP contribution in [0.1, 0.15) is 80.1 Å². The third-order valence-electron chi connectivity index (χ3n) is 7.11. The number of nitrogens with one attached hydrogen (secondary N) is 2. The summed E-state index contributed by atoms with van der Waals surface area (Å²) in [6, 6.07) is 0. The van der Waals surface area contributed by atoms with Gasteiger partial charge in [0, 0.05) is 93.5 Å². The fraction of sp³-hybridized carbons (Fsp3) is 0.667. The summed E-state index contributed by atoms with van der Waals surface area (Å²) in [5.74, 6) is 0.511. The van der Waals surface area contributed by atoms with Gasteiger partial charge in [0.25, 0.3) is 0 Å². The second-order valence-corrected chi connectivity index (χ2v) is 13.4. The zero-order chi connectivity index (χ0) is 27.3. The lowest BCUT2D eigenvalue weighted by atomic mass is 9.79. The second-order valence-electron chi connectivity index (χ2n) is 13.4. The minimum absolute atomic E-state index is 0.0116. The lowest BCUT2D eigenvalue weighted by molar-refractivity contribution is -0.117. The molecule has 7 nitrogen and oxygen atoms in total. The zero-order valence-corrected chi connectivity index (χ0v) is 23.7. The number of aliphatic imine (C=N–C) groups is 1. The molecule has 0 aromatic rings. The Bertz CT molecular complexity index is 962. The Morgan fingerprint density at radius 2 is 1.14 bits per heavy atom. The molecule has 0 unspecified atom stereocenters. The van der Waals surface area contributed by atoms with Gasteiger partial charge in [-0.1, -0.05) is 41.5 Å². The molecule has 0 atom stereocenters. The molecule has 204 valence electrons. The van der Waals surface area contributed by atoms with Crippen molar-refractivity contribution in [1.82, 2.24) is 15.5 Å². The largest absolute Gasteiger partial charge is 0.387 e. The Morgan fingerprint density at radius 3 is 1.57 bits per heavy atom. The molecule has 0 aromatic heterocycles. The summed E-state index contributed by atoms with van der Waals surface area (Å²) < 4.78 is 0. The molecule has 3 aliphatic carbocycles. The summed E-state index contributed by atoms with van der Waals surface area (Å²) in [6.45, 7) is 16.4. The van der Waals surface area contributed by atoms with Gasteiger partial charge in [-0.3, -0.25) is 24.3 Å². The molecule has 0 aliphatic heterocycles. The minimum Gasteiger partial charge on any atom is -0.387 e. The van der Waals surface area contributed by atoms with Gasteiger partial charge in [-0.05, 0) is 35.5 Å². The summed E-state index contributed by atoms with van der Waals surface area (Å²) in [6.07, 6.45) is 11.4. The van der Waals surface area contributed by atoms with Crippen LogP contribution in [0.25, 0.3) is 0 Å². The lowest BCUT2D eigenvalue weighted by Gasteiger charge is -2.31. The van der Waals surface area contributed by atoms with E-state index >= 15 is 0 Å². The maximum Gasteiger partial charge on any atom is 0.158 e. The van der Waals surface area contributed by atoms with Crippen molar-refractivity contribution in [3.05, 3.63) is 35.3 Å². The molecule has 0 fully saturated rings. The number of hydrogen-bond acceptors (Lipinski definition) is 7. The first-order valence-electron chi connectivity index (χ1n) is 13.6. The Labute approximate surface area is 222 Å². The molecule has 0 radical (unpaired) electrons. The maximum absolute atomic E-state index is 12.1. The number of rotatable bonds is 11. The number of ketones is 3. The summed E-state index contributed by atoms with van der Waals surface area (Å²) in [5.41, 5.74) is 2.79. The van der Waals surface area contributed by atoms with E-state index in [4.69, 9.17) is 0 Å². The van der Waals surface area contributed by atoms with Crippen LogP contribution in [0.2, 0.25) is 0 Å². The highest BCUT2D eigenvalue weighted by atomic mass is 16.1. The Morgan fingerprint density at radius 1 is 0.703 bits per heavy atom. The van der Waals surface area contributed by atoms with E-state index < -0.39 is 0 Å². The number of carbonyl (C=O) groups is 3. The molecular formula is C30H46N4O3. The van der Waals surface area contributed by atoms with Crippen LogP contribution in [0.3, 0.4) is 0 Å². The average molecular weight is 511 g/mol. The van der Waals surface area contributed by atoms with Crippen molar-refractivity contribution in [2.45, 2.75) is 80.1 Å². The topological polar surface area (TPSA) is 90.9 Å². The quantitative estimate of drug-likeness (QED) is 0.402. The van der Waals surface area contributed by atoms with E-state index in [0.29, 0.717) is 25.8 Å². The Hall–Kier alpha value is -2.54. The SMILES string of the molecule is CC1(C)CC(=O)C=C(N=CCN(CCNC2=CC(=O)CC(C)(C)C2)CCNC2=CC(=O)CC(C)(C)C2)C1. The van der Waals surface area contributed by atoms with Crippen molar-refractivity contribution in [3.8, 4) is 0 Å². The van der Waals surface area contributed by atoms with Gasteiger partial charge in [0.05, 0.1) is 0 Å². The normalized spacial score (nSPS) is 23.1. The highest BCUT2D eigenvalue weighted by Gasteiger charge is 2.29. The summed E-state index contributed by atoms with van der Waals surface area (Å²) in [7, 11) is 0. The highest BCUT2D eigenvalue weighted by Crippen LogP contribution is 2.34. The summed E-state index contributed by atoms with van der Waals surface area (Å²) >= 11 is 0. The standard InChI is InChI=1S/C30H46N4O3/c1-28(2)16-22(13-25(35)19-28)31-7-10-34(11-8-32-23-14-26(36)20-29(3,4)17-23)12-9-33-24-15-27(37)21-30(5,6)18-24/h7,13-15,32-33H,8-12,16-21H2,1-6H3.